The zero-order valence-electron chi connectivity index (χ0n) is 29.5. The third kappa shape index (κ3) is 9.00. The maximum atomic E-state index is 14.0. The number of thiophene rings is 1. The molecule has 12 nitrogen and oxygen atoms in total. The number of methoxy groups -OCH3 is 1. The smallest absolute Gasteiger partial charge is 0.413 e. The van der Waals surface area contributed by atoms with Gasteiger partial charge in [-0.05, 0) is 102 Å². The van der Waals surface area contributed by atoms with Crippen LogP contribution in [0.25, 0.3) is 21.0 Å². The summed E-state index contributed by atoms with van der Waals surface area (Å²) in [4.78, 5) is 51.5. The summed E-state index contributed by atoms with van der Waals surface area (Å²) in [6.07, 6.45) is 1.60. The standard InChI is InChI=1S/C37H45N5O7S/c1-36(2,3)48-34(45)40-25-15-13-24(14-16-25)39-32(43)28-17-21-11-12-22(31(38)41-35(46)49-37(4,5)6)18-27(21)42(28)20-23-9-8-10-29-26(23)19-30(50-29)33(44)47-7/h8-12,17-19,24-25H,13-16,20H2,1-7H3,(H,39,43)(H,40,45)(H2,38,41,46). The fourth-order valence-corrected chi connectivity index (χ4v) is 7.02. The summed E-state index contributed by atoms with van der Waals surface area (Å²) in [7, 11) is 1.35. The molecule has 4 N–H and O–H groups in total. The number of hydrogen-bond donors (Lipinski definition) is 4. The van der Waals surface area contributed by atoms with Crippen molar-refractivity contribution in [3.63, 3.8) is 0 Å². The number of benzene rings is 2. The van der Waals surface area contributed by atoms with Gasteiger partial charge in [-0.25, -0.2) is 14.4 Å². The minimum absolute atomic E-state index is 0.0338. The molecule has 0 bridgehead atoms. The van der Waals surface area contributed by atoms with Gasteiger partial charge in [-0.3, -0.25) is 15.5 Å². The summed E-state index contributed by atoms with van der Waals surface area (Å²) in [5.74, 6) is -0.805. The Morgan fingerprint density at radius 2 is 1.50 bits per heavy atom. The second kappa shape index (κ2) is 14.5. The lowest BCUT2D eigenvalue weighted by Crippen LogP contribution is -2.45. The van der Waals surface area contributed by atoms with Gasteiger partial charge in [0.15, 0.2) is 0 Å². The highest BCUT2D eigenvalue weighted by molar-refractivity contribution is 7.20. The Kier molecular flexibility index (Phi) is 10.6. The van der Waals surface area contributed by atoms with Crippen LogP contribution in [0.4, 0.5) is 9.59 Å². The van der Waals surface area contributed by atoms with E-state index in [-0.39, 0.29) is 23.8 Å². The summed E-state index contributed by atoms with van der Waals surface area (Å²) in [5, 5.41) is 18.9. The van der Waals surface area contributed by atoms with Crippen molar-refractivity contribution in [2.24, 2.45) is 0 Å². The van der Waals surface area contributed by atoms with Crippen LogP contribution in [-0.2, 0) is 20.8 Å². The van der Waals surface area contributed by atoms with Gasteiger partial charge in [0.2, 0.25) is 0 Å². The first-order valence-electron chi connectivity index (χ1n) is 16.6. The van der Waals surface area contributed by atoms with Crippen LogP contribution in [0.2, 0.25) is 0 Å². The number of ether oxygens (including phenoxy) is 3. The Morgan fingerprint density at radius 3 is 2.14 bits per heavy atom. The number of alkyl carbamates (subject to hydrolysis) is 2. The summed E-state index contributed by atoms with van der Waals surface area (Å²) < 4.78 is 18.5. The van der Waals surface area contributed by atoms with Gasteiger partial charge in [0.05, 0.1) is 7.11 Å². The van der Waals surface area contributed by atoms with E-state index in [0.717, 1.165) is 21.0 Å². The zero-order valence-corrected chi connectivity index (χ0v) is 30.3. The lowest BCUT2D eigenvalue weighted by atomic mass is 9.91. The molecule has 1 fully saturated rings. The molecular weight excluding hydrogens is 659 g/mol. The highest BCUT2D eigenvalue weighted by atomic mass is 32.1. The number of amides is 3. The number of carbonyl (C=O) groups is 4. The van der Waals surface area contributed by atoms with Gasteiger partial charge in [0, 0.05) is 39.8 Å². The van der Waals surface area contributed by atoms with Gasteiger partial charge >= 0.3 is 18.2 Å². The number of nitrogens with zero attached hydrogens (tertiary/aromatic N) is 1. The van der Waals surface area contributed by atoms with E-state index in [1.807, 2.05) is 61.7 Å². The minimum atomic E-state index is -0.736. The third-order valence-electron chi connectivity index (χ3n) is 8.20. The van der Waals surface area contributed by atoms with Gasteiger partial charge in [-0.15, -0.1) is 11.3 Å². The molecule has 0 radical (unpaired) electrons. The summed E-state index contributed by atoms with van der Waals surface area (Å²) in [6, 6.07) is 14.6. The summed E-state index contributed by atoms with van der Waals surface area (Å²) >= 11 is 1.34. The molecule has 3 amide bonds. The van der Waals surface area contributed by atoms with Crippen molar-refractivity contribution >= 4 is 62.2 Å². The molecule has 5 rings (SSSR count). The number of esters is 1. The second-order valence-electron chi connectivity index (χ2n) is 14.5. The normalized spacial score (nSPS) is 16.5. The van der Waals surface area contributed by atoms with Crippen LogP contribution in [0.15, 0.2) is 48.5 Å². The first-order chi connectivity index (χ1) is 23.5. The molecule has 1 aliphatic rings. The molecule has 2 aromatic heterocycles. The molecular formula is C37H45N5O7S. The Morgan fingerprint density at radius 1 is 0.860 bits per heavy atom. The first-order valence-corrected chi connectivity index (χ1v) is 17.4. The van der Waals surface area contributed by atoms with E-state index in [1.54, 1.807) is 32.9 Å². The molecule has 4 aromatic rings. The quantitative estimate of drug-likeness (QED) is 0.0691. The van der Waals surface area contributed by atoms with Gasteiger partial charge in [0.25, 0.3) is 5.91 Å². The van der Waals surface area contributed by atoms with Crippen LogP contribution in [0.3, 0.4) is 0 Å². The SMILES string of the molecule is COC(=O)c1cc2c(Cn3c(C(=O)NC4CCC(NC(=O)OC(C)(C)C)CC4)cc4ccc(C(=N)NC(=O)OC(C)(C)C)cc43)cccc2s1. The monoisotopic (exact) mass is 703 g/mol. The fourth-order valence-electron chi connectivity index (χ4n) is 5.99. The average Bonchev–Trinajstić information content (AvgIpc) is 3.62. The van der Waals surface area contributed by atoms with Gasteiger partial charge in [-0.1, -0.05) is 24.3 Å². The highest BCUT2D eigenvalue weighted by Gasteiger charge is 2.27. The van der Waals surface area contributed by atoms with E-state index in [2.05, 4.69) is 16.0 Å². The van der Waals surface area contributed by atoms with Crippen LogP contribution in [-0.4, -0.2) is 64.9 Å². The first kappa shape index (κ1) is 36.4. The largest absolute Gasteiger partial charge is 0.465 e. The van der Waals surface area contributed by atoms with Crippen molar-refractivity contribution < 1.29 is 33.4 Å². The van der Waals surface area contributed by atoms with Crippen LogP contribution in [0.5, 0.6) is 0 Å². The third-order valence-corrected chi connectivity index (χ3v) is 9.28. The Hall–Kier alpha value is -4.91. The van der Waals surface area contributed by atoms with E-state index >= 15 is 0 Å². The number of hydrogen-bond acceptors (Lipinski definition) is 9. The van der Waals surface area contributed by atoms with Crippen LogP contribution < -0.4 is 16.0 Å². The predicted molar refractivity (Wildman–Crippen MR) is 193 cm³/mol. The molecule has 0 aliphatic heterocycles. The molecule has 266 valence electrons. The van der Waals surface area contributed by atoms with E-state index < -0.39 is 29.4 Å². The molecule has 0 saturated heterocycles. The number of carbonyl (C=O) groups excluding carboxylic acids is 4. The van der Waals surface area contributed by atoms with Crippen molar-refractivity contribution in [3.05, 3.63) is 70.2 Å². The van der Waals surface area contributed by atoms with E-state index in [9.17, 15) is 19.2 Å². The summed E-state index contributed by atoms with van der Waals surface area (Å²) in [6.45, 7) is 11.0. The molecule has 13 heteroatoms. The number of nitrogens with one attached hydrogen (secondary N) is 4. The number of aromatic nitrogens is 1. The molecule has 1 aliphatic carbocycles. The van der Waals surface area contributed by atoms with Gasteiger partial charge < -0.3 is 29.4 Å². The molecule has 2 aromatic carbocycles. The molecule has 0 unspecified atom stereocenters. The zero-order chi connectivity index (χ0) is 36.4. The Balaban J connectivity index is 1.43. The predicted octanol–water partition coefficient (Wildman–Crippen LogP) is 7.11. The fraction of sp³-hybridized carbons (Fsp3) is 0.432. The maximum absolute atomic E-state index is 14.0. The Bertz CT molecular complexity index is 1940. The topological polar surface area (TPSA) is 161 Å². The van der Waals surface area contributed by atoms with E-state index in [4.69, 9.17) is 19.6 Å². The number of amidine groups is 1. The lowest BCUT2D eigenvalue weighted by Gasteiger charge is -2.30. The van der Waals surface area contributed by atoms with Crippen molar-refractivity contribution in [3.8, 4) is 0 Å². The Labute approximate surface area is 295 Å². The highest BCUT2D eigenvalue weighted by Crippen LogP contribution is 2.31. The van der Waals surface area contributed by atoms with Crippen molar-refractivity contribution in [2.75, 3.05) is 7.11 Å². The number of fused-ring (bicyclic) bond motifs is 2. The number of rotatable bonds is 7. The second-order valence-corrected chi connectivity index (χ2v) is 15.6. The minimum Gasteiger partial charge on any atom is -0.465 e. The molecule has 0 spiro atoms. The maximum Gasteiger partial charge on any atom is 0.413 e. The summed E-state index contributed by atoms with van der Waals surface area (Å²) in [5.41, 5.74) is 1.14. The van der Waals surface area contributed by atoms with Gasteiger partial charge in [0.1, 0.15) is 27.6 Å². The van der Waals surface area contributed by atoms with E-state index in [1.165, 1.54) is 18.4 Å². The van der Waals surface area contributed by atoms with Crippen molar-refractivity contribution in [1.82, 2.24) is 20.5 Å². The van der Waals surface area contributed by atoms with Crippen LogP contribution >= 0.6 is 11.3 Å². The van der Waals surface area contributed by atoms with Crippen LogP contribution in [0, 0.1) is 5.41 Å². The van der Waals surface area contributed by atoms with E-state index in [0.29, 0.717) is 53.9 Å². The molecule has 0 atom stereocenters. The molecule has 2 heterocycles. The van der Waals surface area contributed by atoms with Crippen LogP contribution in [0.1, 0.15) is 98.5 Å². The average molecular weight is 704 g/mol. The van der Waals surface area contributed by atoms with Gasteiger partial charge in [-0.2, -0.15) is 0 Å². The lowest BCUT2D eigenvalue weighted by molar-refractivity contribution is 0.0485. The van der Waals surface area contributed by atoms with Crippen molar-refractivity contribution in [2.45, 2.75) is 97.1 Å². The molecule has 50 heavy (non-hydrogen) atoms. The molecule has 1 saturated carbocycles. The van der Waals surface area contributed by atoms with Crippen molar-refractivity contribution in [1.29, 1.82) is 5.41 Å².